The molecule has 0 aliphatic carbocycles. The standard InChI is InChI=1S/C24H29N3O3S/c1-17(2)15-27(23(28)14-20-7-6-12-31-20)16-18-13-19(9-10-21(18)26(3)4)25-24(29)22-8-5-11-30-22/h5-13,17H,14-16H2,1-4H3,(H,25,29). The lowest BCUT2D eigenvalue weighted by Gasteiger charge is -2.27. The van der Waals surface area contributed by atoms with Gasteiger partial charge in [-0.25, -0.2) is 0 Å². The van der Waals surface area contributed by atoms with Gasteiger partial charge in [-0.3, -0.25) is 9.59 Å². The van der Waals surface area contributed by atoms with Crippen LogP contribution in [0.25, 0.3) is 0 Å². The van der Waals surface area contributed by atoms with E-state index in [2.05, 4.69) is 19.2 Å². The lowest BCUT2D eigenvalue weighted by atomic mass is 10.1. The predicted molar refractivity (Wildman–Crippen MR) is 126 cm³/mol. The van der Waals surface area contributed by atoms with Crippen molar-refractivity contribution in [1.29, 1.82) is 0 Å². The Morgan fingerprint density at radius 1 is 1.13 bits per heavy atom. The molecule has 0 fully saturated rings. The van der Waals surface area contributed by atoms with Crippen LogP contribution in [0.4, 0.5) is 11.4 Å². The molecule has 0 saturated heterocycles. The molecule has 2 amide bonds. The van der Waals surface area contributed by atoms with Crippen molar-refractivity contribution >= 4 is 34.5 Å². The molecule has 3 rings (SSSR count). The minimum absolute atomic E-state index is 0.103. The quantitative estimate of drug-likeness (QED) is 0.516. The first-order chi connectivity index (χ1) is 14.8. The molecule has 7 heteroatoms. The van der Waals surface area contributed by atoms with E-state index in [-0.39, 0.29) is 17.6 Å². The van der Waals surface area contributed by atoms with Crippen LogP contribution >= 0.6 is 11.3 Å². The first-order valence-corrected chi connectivity index (χ1v) is 11.2. The van der Waals surface area contributed by atoms with Gasteiger partial charge < -0.3 is 19.5 Å². The Morgan fingerprint density at radius 2 is 1.94 bits per heavy atom. The van der Waals surface area contributed by atoms with Crippen LogP contribution in [0, 0.1) is 5.92 Å². The zero-order valence-electron chi connectivity index (χ0n) is 18.4. The molecule has 1 aromatic carbocycles. The number of nitrogens with zero attached hydrogens (tertiary/aromatic N) is 2. The summed E-state index contributed by atoms with van der Waals surface area (Å²) in [6, 6.07) is 13.0. The van der Waals surface area contributed by atoms with Gasteiger partial charge in [0.1, 0.15) is 0 Å². The zero-order chi connectivity index (χ0) is 22.4. The molecule has 3 aromatic rings. The van der Waals surface area contributed by atoms with Crippen LogP contribution in [-0.4, -0.2) is 37.4 Å². The first-order valence-electron chi connectivity index (χ1n) is 10.3. The summed E-state index contributed by atoms with van der Waals surface area (Å²) in [5.74, 6) is 0.398. The summed E-state index contributed by atoms with van der Waals surface area (Å²) in [7, 11) is 3.94. The lowest BCUT2D eigenvalue weighted by molar-refractivity contribution is -0.131. The highest BCUT2D eigenvalue weighted by molar-refractivity contribution is 7.10. The maximum Gasteiger partial charge on any atom is 0.291 e. The van der Waals surface area contributed by atoms with Crippen molar-refractivity contribution < 1.29 is 14.0 Å². The summed E-state index contributed by atoms with van der Waals surface area (Å²) in [6.45, 7) is 5.36. The van der Waals surface area contributed by atoms with Gasteiger partial charge in [0.15, 0.2) is 5.76 Å². The van der Waals surface area contributed by atoms with Gasteiger partial charge in [-0.05, 0) is 53.3 Å². The van der Waals surface area contributed by atoms with Gasteiger partial charge in [0.2, 0.25) is 5.91 Å². The van der Waals surface area contributed by atoms with Gasteiger partial charge in [-0.2, -0.15) is 0 Å². The van der Waals surface area contributed by atoms with E-state index in [1.165, 1.54) is 6.26 Å². The number of thiophene rings is 1. The molecule has 0 spiro atoms. The number of nitrogens with one attached hydrogen (secondary N) is 1. The average Bonchev–Trinajstić information content (AvgIpc) is 3.41. The maximum atomic E-state index is 13.1. The third kappa shape index (κ3) is 6.21. The van der Waals surface area contributed by atoms with Crippen molar-refractivity contribution in [3.63, 3.8) is 0 Å². The zero-order valence-corrected chi connectivity index (χ0v) is 19.2. The van der Waals surface area contributed by atoms with Crippen molar-refractivity contribution in [3.8, 4) is 0 Å². The van der Waals surface area contributed by atoms with E-state index in [1.807, 2.05) is 59.6 Å². The highest BCUT2D eigenvalue weighted by atomic mass is 32.1. The molecular weight excluding hydrogens is 410 g/mol. The number of hydrogen-bond acceptors (Lipinski definition) is 5. The van der Waals surface area contributed by atoms with Gasteiger partial charge in [0.25, 0.3) is 5.91 Å². The number of benzene rings is 1. The number of anilines is 2. The molecule has 1 N–H and O–H groups in total. The molecule has 164 valence electrons. The summed E-state index contributed by atoms with van der Waals surface area (Å²) >= 11 is 1.60. The summed E-state index contributed by atoms with van der Waals surface area (Å²) in [5.41, 5.74) is 2.65. The van der Waals surface area contributed by atoms with Gasteiger partial charge in [-0.1, -0.05) is 19.9 Å². The molecular formula is C24H29N3O3S. The van der Waals surface area contributed by atoms with Crippen LogP contribution in [0.15, 0.2) is 58.5 Å². The molecule has 0 saturated carbocycles. The fourth-order valence-corrected chi connectivity index (χ4v) is 4.10. The molecule has 0 atom stereocenters. The minimum atomic E-state index is -0.304. The number of amides is 2. The predicted octanol–water partition coefficient (Wildman–Crippen LogP) is 4.89. The number of rotatable bonds is 9. The monoisotopic (exact) mass is 439 g/mol. The highest BCUT2D eigenvalue weighted by Crippen LogP contribution is 2.26. The van der Waals surface area contributed by atoms with Crippen molar-refractivity contribution in [2.75, 3.05) is 30.9 Å². The normalized spacial score (nSPS) is 10.9. The fraction of sp³-hybridized carbons (Fsp3) is 0.333. The molecule has 0 aliphatic heterocycles. The van der Waals surface area contributed by atoms with Gasteiger partial charge in [0, 0.05) is 43.4 Å². The van der Waals surface area contributed by atoms with Crippen molar-refractivity contribution in [3.05, 3.63) is 70.3 Å². The van der Waals surface area contributed by atoms with Crippen molar-refractivity contribution in [2.24, 2.45) is 5.92 Å². The average molecular weight is 440 g/mol. The number of carbonyl (C=O) groups excluding carboxylic acids is 2. The summed E-state index contributed by atoms with van der Waals surface area (Å²) in [5, 5.41) is 4.87. The highest BCUT2D eigenvalue weighted by Gasteiger charge is 2.19. The van der Waals surface area contributed by atoms with E-state index in [0.717, 1.165) is 16.1 Å². The van der Waals surface area contributed by atoms with Gasteiger partial charge >= 0.3 is 0 Å². The fourth-order valence-electron chi connectivity index (χ4n) is 3.40. The molecule has 0 unspecified atom stereocenters. The molecule has 2 aromatic heterocycles. The summed E-state index contributed by atoms with van der Waals surface area (Å²) in [4.78, 5) is 30.5. The Bertz CT molecular complexity index is 995. The smallest absolute Gasteiger partial charge is 0.291 e. The topological polar surface area (TPSA) is 65.8 Å². The number of furan rings is 1. The SMILES string of the molecule is CC(C)CN(Cc1cc(NC(=O)c2ccco2)ccc1N(C)C)C(=O)Cc1cccs1. The van der Waals surface area contributed by atoms with E-state index in [0.29, 0.717) is 31.1 Å². The Labute approximate surface area is 187 Å². The molecule has 6 nitrogen and oxygen atoms in total. The van der Waals surface area contributed by atoms with Crippen LogP contribution in [-0.2, 0) is 17.8 Å². The summed E-state index contributed by atoms with van der Waals surface area (Å²) in [6.07, 6.45) is 1.87. The number of hydrogen-bond donors (Lipinski definition) is 1. The van der Waals surface area contributed by atoms with Crippen LogP contribution in [0.1, 0.15) is 34.8 Å². The molecule has 2 heterocycles. The van der Waals surface area contributed by atoms with Crippen molar-refractivity contribution in [2.45, 2.75) is 26.8 Å². The van der Waals surface area contributed by atoms with Crippen LogP contribution in [0.3, 0.4) is 0 Å². The molecule has 0 bridgehead atoms. The second-order valence-corrected chi connectivity index (χ2v) is 9.13. The third-order valence-corrected chi connectivity index (χ3v) is 5.65. The van der Waals surface area contributed by atoms with E-state index in [9.17, 15) is 9.59 Å². The second-order valence-electron chi connectivity index (χ2n) is 8.09. The van der Waals surface area contributed by atoms with E-state index in [1.54, 1.807) is 23.5 Å². The number of carbonyl (C=O) groups is 2. The van der Waals surface area contributed by atoms with Gasteiger partial charge in [0.05, 0.1) is 12.7 Å². The van der Waals surface area contributed by atoms with Crippen LogP contribution in [0.5, 0.6) is 0 Å². The molecule has 0 aliphatic rings. The van der Waals surface area contributed by atoms with E-state index in [4.69, 9.17) is 4.42 Å². The molecule has 31 heavy (non-hydrogen) atoms. The minimum Gasteiger partial charge on any atom is -0.459 e. The summed E-state index contributed by atoms with van der Waals surface area (Å²) < 4.78 is 5.18. The lowest BCUT2D eigenvalue weighted by Crippen LogP contribution is -2.35. The Hall–Kier alpha value is -3.06. The van der Waals surface area contributed by atoms with E-state index < -0.39 is 0 Å². The van der Waals surface area contributed by atoms with Gasteiger partial charge in [-0.15, -0.1) is 11.3 Å². The Morgan fingerprint density at radius 3 is 2.55 bits per heavy atom. The Kier molecular flexibility index (Phi) is 7.52. The van der Waals surface area contributed by atoms with Crippen LogP contribution in [0.2, 0.25) is 0 Å². The second kappa shape index (κ2) is 10.3. The third-order valence-electron chi connectivity index (χ3n) is 4.77. The molecule has 0 radical (unpaired) electrons. The Balaban J connectivity index is 1.84. The van der Waals surface area contributed by atoms with Crippen LogP contribution < -0.4 is 10.2 Å². The largest absolute Gasteiger partial charge is 0.459 e. The van der Waals surface area contributed by atoms with E-state index >= 15 is 0 Å². The first kappa shape index (κ1) is 22.6. The van der Waals surface area contributed by atoms with Crippen molar-refractivity contribution in [1.82, 2.24) is 4.90 Å². The maximum absolute atomic E-state index is 13.1.